The van der Waals surface area contributed by atoms with Crippen LogP contribution in [0.3, 0.4) is 0 Å². The molecule has 0 aromatic heterocycles. The highest BCUT2D eigenvalue weighted by Crippen LogP contribution is 2.28. The van der Waals surface area contributed by atoms with Crippen molar-refractivity contribution < 1.29 is 4.92 Å². The molecule has 0 saturated heterocycles. The van der Waals surface area contributed by atoms with Crippen molar-refractivity contribution in [2.24, 2.45) is 0 Å². The fourth-order valence-electron chi connectivity index (χ4n) is 1.39. The molecule has 1 atom stereocenters. The molecule has 1 rings (SSSR count). The first-order valence-electron chi connectivity index (χ1n) is 5.06. The molecule has 1 aromatic rings. The van der Waals surface area contributed by atoms with Gasteiger partial charge < -0.3 is 5.32 Å². The van der Waals surface area contributed by atoms with E-state index in [1.54, 1.807) is 19.1 Å². The molecule has 82 valence electrons. The molecule has 0 amide bonds. The zero-order valence-corrected chi connectivity index (χ0v) is 9.28. The minimum atomic E-state index is -0.333. The SMILES string of the molecule is CCC(C)Nc1cccc(C)c1[N+](=O)[O-]. The largest absolute Gasteiger partial charge is 0.377 e. The van der Waals surface area contributed by atoms with E-state index in [9.17, 15) is 10.1 Å². The lowest BCUT2D eigenvalue weighted by Crippen LogP contribution is -2.14. The van der Waals surface area contributed by atoms with Gasteiger partial charge in [-0.1, -0.05) is 19.1 Å². The molecule has 0 aliphatic heterocycles. The number of aryl methyl sites for hydroxylation is 1. The summed E-state index contributed by atoms with van der Waals surface area (Å²) in [6.45, 7) is 5.80. The van der Waals surface area contributed by atoms with Crippen molar-refractivity contribution in [2.45, 2.75) is 33.2 Å². The lowest BCUT2D eigenvalue weighted by molar-refractivity contribution is -0.384. The average molecular weight is 208 g/mol. The van der Waals surface area contributed by atoms with Crippen molar-refractivity contribution in [3.05, 3.63) is 33.9 Å². The van der Waals surface area contributed by atoms with Crippen LogP contribution in [-0.2, 0) is 0 Å². The zero-order valence-electron chi connectivity index (χ0n) is 9.28. The van der Waals surface area contributed by atoms with Crippen LogP contribution < -0.4 is 5.32 Å². The first kappa shape index (κ1) is 11.5. The quantitative estimate of drug-likeness (QED) is 0.611. The predicted molar refractivity (Wildman–Crippen MR) is 61.2 cm³/mol. The van der Waals surface area contributed by atoms with E-state index in [1.165, 1.54) is 0 Å². The molecule has 4 heteroatoms. The maximum Gasteiger partial charge on any atom is 0.295 e. The summed E-state index contributed by atoms with van der Waals surface area (Å²) in [7, 11) is 0. The Labute approximate surface area is 89.5 Å². The minimum absolute atomic E-state index is 0.179. The smallest absolute Gasteiger partial charge is 0.295 e. The Kier molecular flexibility index (Phi) is 3.66. The number of nitrogens with zero attached hydrogens (tertiary/aromatic N) is 1. The van der Waals surface area contributed by atoms with Crippen LogP contribution in [0.1, 0.15) is 25.8 Å². The van der Waals surface area contributed by atoms with E-state index in [0.29, 0.717) is 11.3 Å². The van der Waals surface area contributed by atoms with E-state index in [2.05, 4.69) is 5.32 Å². The maximum atomic E-state index is 10.9. The second-order valence-corrected chi connectivity index (χ2v) is 3.68. The van der Waals surface area contributed by atoms with Gasteiger partial charge in [0.2, 0.25) is 0 Å². The van der Waals surface area contributed by atoms with Gasteiger partial charge in [0, 0.05) is 11.6 Å². The predicted octanol–water partition coefficient (Wildman–Crippen LogP) is 3.11. The Morgan fingerprint density at radius 3 is 2.73 bits per heavy atom. The van der Waals surface area contributed by atoms with Crippen LogP contribution in [0.25, 0.3) is 0 Å². The van der Waals surface area contributed by atoms with Crippen molar-refractivity contribution in [1.82, 2.24) is 0 Å². The number of rotatable bonds is 4. The van der Waals surface area contributed by atoms with Crippen molar-refractivity contribution in [2.75, 3.05) is 5.32 Å². The molecular formula is C11H16N2O2. The summed E-state index contributed by atoms with van der Waals surface area (Å²) in [6.07, 6.45) is 0.936. The molecule has 4 nitrogen and oxygen atoms in total. The Balaban J connectivity index is 3.06. The van der Waals surface area contributed by atoms with E-state index in [-0.39, 0.29) is 16.7 Å². The number of benzene rings is 1. The Morgan fingerprint density at radius 1 is 1.53 bits per heavy atom. The first-order chi connectivity index (χ1) is 7.06. The van der Waals surface area contributed by atoms with Gasteiger partial charge >= 0.3 is 0 Å². The lowest BCUT2D eigenvalue weighted by atomic mass is 10.1. The van der Waals surface area contributed by atoms with Crippen LogP contribution in [0, 0.1) is 17.0 Å². The summed E-state index contributed by atoms with van der Waals surface area (Å²) < 4.78 is 0. The van der Waals surface area contributed by atoms with E-state index in [1.807, 2.05) is 19.9 Å². The number of nitro benzene ring substituents is 1. The van der Waals surface area contributed by atoms with Crippen LogP contribution in [-0.4, -0.2) is 11.0 Å². The second-order valence-electron chi connectivity index (χ2n) is 3.68. The average Bonchev–Trinajstić information content (AvgIpc) is 2.17. The Hall–Kier alpha value is -1.58. The monoisotopic (exact) mass is 208 g/mol. The van der Waals surface area contributed by atoms with E-state index in [0.717, 1.165) is 6.42 Å². The molecule has 0 radical (unpaired) electrons. The number of nitrogens with one attached hydrogen (secondary N) is 1. The lowest BCUT2D eigenvalue weighted by Gasteiger charge is -2.13. The molecule has 15 heavy (non-hydrogen) atoms. The molecular weight excluding hydrogens is 192 g/mol. The zero-order chi connectivity index (χ0) is 11.4. The highest BCUT2D eigenvalue weighted by atomic mass is 16.6. The van der Waals surface area contributed by atoms with Gasteiger partial charge in [-0.3, -0.25) is 10.1 Å². The van der Waals surface area contributed by atoms with Crippen molar-refractivity contribution in [3.63, 3.8) is 0 Å². The molecule has 1 N–H and O–H groups in total. The number of hydrogen-bond donors (Lipinski definition) is 1. The standard InChI is InChI=1S/C11H16N2O2/c1-4-9(3)12-10-7-5-6-8(2)11(10)13(14)15/h5-7,9,12H,4H2,1-3H3. The van der Waals surface area contributed by atoms with Crippen LogP contribution >= 0.6 is 0 Å². The number of hydrogen-bond acceptors (Lipinski definition) is 3. The molecule has 0 fully saturated rings. The van der Waals surface area contributed by atoms with Crippen LogP contribution in [0.2, 0.25) is 0 Å². The summed E-state index contributed by atoms with van der Waals surface area (Å²) in [4.78, 5) is 10.5. The van der Waals surface area contributed by atoms with Crippen LogP contribution in [0.4, 0.5) is 11.4 Å². The minimum Gasteiger partial charge on any atom is -0.377 e. The normalized spacial score (nSPS) is 12.2. The van der Waals surface area contributed by atoms with E-state index in [4.69, 9.17) is 0 Å². The molecule has 0 aliphatic carbocycles. The molecule has 0 aliphatic rings. The molecule has 1 unspecified atom stereocenters. The summed E-state index contributed by atoms with van der Waals surface area (Å²) in [5.41, 5.74) is 1.47. The molecule has 1 aromatic carbocycles. The van der Waals surface area contributed by atoms with Gasteiger partial charge in [-0.05, 0) is 26.3 Å². The van der Waals surface area contributed by atoms with E-state index >= 15 is 0 Å². The van der Waals surface area contributed by atoms with Crippen molar-refractivity contribution >= 4 is 11.4 Å². The highest BCUT2D eigenvalue weighted by Gasteiger charge is 2.17. The van der Waals surface area contributed by atoms with Gasteiger partial charge in [0.05, 0.1) is 4.92 Å². The summed E-state index contributed by atoms with van der Waals surface area (Å²) in [5.74, 6) is 0. The molecule has 0 saturated carbocycles. The van der Waals surface area contributed by atoms with Crippen molar-refractivity contribution in [3.8, 4) is 0 Å². The fourth-order valence-corrected chi connectivity index (χ4v) is 1.39. The highest BCUT2D eigenvalue weighted by molar-refractivity contribution is 5.65. The maximum absolute atomic E-state index is 10.9. The van der Waals surface area contributed by atoms with Gasteiger partial charge in [0.15, 0.2) is 0 Å². The first-order valence-corrected chi connectivity index (χ1v) is 5.06. The molecule has 0 spiro atoms. The summed E-state index contributed by atoms with van der Waals surface area (Å²) in [6, 6.07) is 5.56. The van der Waals surface area contributed by atoms with E-state index < -0.39 is 0 Å². The topological polar surface area (TPSA) is 55.2 Å². The third-order valence-corrected chi connectivity index (χ3v) is 2.43. The Bertz CT molecular complexity index is 364. The summed E-state index contributed by atoms with van der Waals surface area (Å²) >= 11 is 0. The fraction of sp³-hybridized carbons (Fsp3) is 0.455. The second kappa shape index (κ2) is 4.77. The number of anilines is 1. The van der Waals surface area contributed by atoms with Crippen molar-refractivity contribution in [1.29, 1.82) is 0 Å². The molecule has 0 bridgehead atoms. The van der Waals surface area contributed by atoms with Crippen LogP contribution in [0.15, 0.2) is 18.2 Å². The number of nitro groups is 1. The third kappa shape index (κ3) is 2.68. The van der Waals surface area contributed by atoms with Gasteiger partial charge in [0.25, 0.3) is 5.69 Å². The molecule has 0 heterocycles. The number of para-hydroxylation sites is 1. The Morgan fingerprint density at radius 2 is 2.20 bits per heavy atom. The summed E-state index contributed by atoms with van der Waals surface area (Å²) in [5, 5.41) is 14.0. The third-order valence-electron chi connectivity index (χ3n) is 2.43. The van der Waals surface area contributed by atoms with Gasteiger partial charge in [-0.2, -0.15) is 0 Å². The van der Waals surface area contributed by atoms with Gasteiger partial charge in [0.1, 0.15) is 5.69 Å². The van der Waals surface area contributed by atoms with Gasteiger partial charge in [-0.25, -0.2) is 0 Å². The van der Waals surface area contributed by atoms with Crippen LogP contribution in [0.5, 0.6) is 0 Å². The van der Waals surface area contributed by atoms with Gasteiger partial charge in [-0.15, -0.1) is 0 Å².